The number of hydrogen-bond acceptors (Lipinski definition) is 4. The summed E-state index contributed by atoms with van der Waals surface area (Å²) >= 11 is 0. The van der Waals surface area contributed by atoms with E-state index in [9.17, 15) is 0 Å². The minimum absolute atomic E-state index is 0.0579. The average molecular weight is 136 g/mol. The Kier molecular flexibility index (Phi) is 1.23. The summed E-state index contributed by atoms with van der Waals surface area (Å²) in [7, 11) is 0. The molecular weight excluding hydrogens is 128 g/mol. The van der Waals surface area contributed by atoms with E-state index in [2.05, 4.69) is 20.3 Å². The van der Waals surface area contributed by atoms with Crippen molar-refractivity contribution in [2.24, 2.45) is 15.0 Å². The van der Waals surface area contributed by atoms with Crippen LogP contribution in [0.3, 0.4) is 0 Å². The first-order valence-electron chi connectivity index (χ1n) is 3.26. The Bertz CT molecular complexity index is 186. The highest BCUT2D eigenvalue weighted by Gasteiger charge is 2.21. The average Bonchev–Trinajstić information content (AvgIpc) is 2.59. The molecule has 0 spiro atoms. The maximum absolute atomic E-state index is 4.13. The molecule has 0 bridgehead atoms. The molecule has 4 nitrogen and oxygen atoms in total. The second-order valence-electron chi connectivity index (χ2n) is 2.28. The van der Waals surface area contributed by atoms with Gasteiger partial charge in [0.15, 0.2) is 6.17 Å². The first-order chi connectivity index (χ1) is 4.97. The first-order valence-corrected chi connectivity index (χ1v) is 3.26. The van der Waals surface area contributed by atoms with E-state index in [1.54, 1.807) is 18.8 Å². The Morgan fingerprint density at radius 3 is 2.70 bits per heavy atom. The van der Waals surface area contributed by atoms with Crippen LogP contribution >= 0.6 is 0 Å². The zero-order valence-corrected chi connectivity index (χ0v) is 5.44. The number of nitrogens with zero attached hydrogens (tertiary/aromatic N) is 3. The Labute approximate surface area is 58.8 Å². The van der Waals surface area contributed by atoms with Crippen LogP contribution in [-0.2, 0) is 0 Å². The number of aliphatic imine (C=N–C) groups is 3. The lowest BCUT2D eigenvalue weighted by atomic mass is 10.2. The van der Waals surface area contributed by atoms with Crippen molar-refractivity contribution in [3.05, 3.63) is 0 Å². The molecule has 0 aromatic heterocycles. The molecule has 1 N–H and O–H groups in total. The van der Waals surface area contributed by atoms with Crippen LogP contribution in [0.2, 0.25) is 0 Å². The van der Waals surface area contributed by atoms with Gasteiger partial charge in [-0.1, -0.05) is 0 Å². The number of nitrogens with one attached hydrogen (secondary N) is 1. The van der Waals surface area contributed by atoms with E-state index in [1.807, 2.05) is 0 Å². The van der Waals surface area contributed by atoms with Gasteiger partial charge in [0.1, 0.15) is 0 Å². The van der Waals surface area contributed by atoms with Gasteiger partial charge in [0.05, 0.1) is 18.9 Å². The summed E-state index contributed by atoms with van der Waals surface area (Å²) < 4.78 is 0. The predicted octanol–water partition coefficient (Wildman–Crippen LogP) is -0.532. The van der Waals surface area contributed by atoms with E-state index in [1.165, 1.54) is 0 Å². The van der Waals surface area contributed by atoms with Gasteiger partial charge in [-0.15, -0.1) is 0 Å². The summed E-state index contributed by atoms with van der Waals surface area (Å²) in [5.74, 6) is 0. The predicted molar refractivity (Wildman–Crippen MR) is 41.1 cm³/mol. The minimum atomic E-state index is 0.0579. The summed E-state index contributed by atoms with van der Waals surface area (Å²) in [4.78, 5) is 12.3. The SMILES string of the molecule is C1=NCC(C2N=CC=N2)N1. The van der Waals surface area contributed by atoms with Crippen molar-refractivity contribution in [1.82, 2.24) is 5.32 Å². The van der Waals surface area contributed by atoms with Gasteiger partial charge >= 0.3 is 0 Å². The minimum Gasteiger partial charge on any atom is -0.368 e. The van der Waals surface area contributed by atoms with Crippen molar-refractivity contribution in [2.45, 2.75) is 12.2 Å². The van der Waals surface area contributed by atoms with Crippen LogP contribution in [0.25, 0.3) is 0 Å². The van der Waals surface area contributed by atoms with Crippen molar-refractivity contribution in [3.63, 3.8) is 0 Å². The van der Waals surface area contributed by atoms with Gasteiger partial charge < -0.3 is 5.32 Å². The van der Waals surface area contributed by atoms with Crippen LogP contribution in [0.1, 0.15) is 0 Å². The van der Waals surface area contributed by atoms with Gasteiger partial charge in [0, 0.05) is 12.4 Å². The largest absolute Gasteiger partial charge is 0.368 e. The quantitative estimate of drug-likeness (QED) is 0.517. The second kappa shape index (κ2) is 2.21. The van der Waals surface area contributed by atoms with Crippen LogP contribution in [0.5, 0.6) is 0 Å². The van der Waals surface area contributed by atoms with Crippen LogP contribution in [-0.4, -0.2) is 37.5 Å². The molecule has 2 aliphatic rings. The van der Waals surface area contributed by atoms with Gasteiger partial charge in [0.25, 0.3) is 0 Å². The Balaban J connectivity index is 2.00. The lowest BCUT2D eigenvalue weighted by Crippen LogP contribution is -2.34. The Hall–Kier alpha value is -1.19. The molecule has 2 rings (SSSR count). The van der Waals surface area contributed by atoms with E-state index in [0.717, 1.165) is 6.54 Å². The molecule has 0 saturated carbocycles. The molecule has 2 aliphatic heterocycles. The zero-order chi connectivity index (χ0) is 6.81. The monoisotopic (exact) mass is 136 g/mol. The molecule has 0 aliphatic carbocycles. The van der Waals surface area contributed by atoms with Crippen molar-refractivity contribution in [3.8, 4) is 0 Å². The molecular formula is C6H8N4. The summed E-state index contributed by atoms with van der Waals surface area (Å²) in [6, 6.07) is 0.287. The molecule has 4 heteroatoms. The molecule has 1 atom stereocenters. The van der Waals surface area contributed by atoms with Gasteiger partial charge in [-0.3, -0.25) is 15.0 Å². The zero-order valence-electron chi connectivity index (χ0n) is 5.44. The fourth-order valence-electron chi connectivity index (χ4n) is 1.05. The first kappa shape index (κ1) is 5.58. The lowest BCUT2D eigenvalue weighted by Gasteiger charge is -2.11. The standard InChI is InChI=1S/C6H8N4/c1-2-9-6(8-1)5-3-7-4-10-5/h1-2,4-6H,3H2,(H,7,10). The molecule has 0 amide bonds. The normalized spacial score (nSPS) is 29.8. The third-order valence-corrected chi connectivity index (χ3v) is 1.59. The van der Waals surface area contributed by atoms with E-state index < -0.39 is 0 Å². The molecule has 0 fully saturated rings. The van der Waals surface area contributed by atoms with Gasteiger partial charge in [-0.25, -0.2) is 0 Å². The van der Waals surface area contributed by atoms with E-state index >= 15 is 0 Å². The molecule has 52 valence electrons. The molecule has 1 unspecified atom stereocenters. The van der Waals surface area contributed by atoms with Gasteiger partial charge in [-0.2, -0.15) is 0 Å². The third kappa shape index (κ3) is 0.814. The maximum Gasteiger partial charge on any atom is 0.161 e. The van der Waals surface area contributed by atoms with Crippen molar-refractivity contribution < 1.29 is 0 Å². The molecule has 0 aromatic carbocycles. The smallest absolute Gasteiger partial charge is 0.161 e. The summed E-state index contributed by atoms with van der Waals surface area (Å²) in [6.45, 7) is 0.791. The molecule has 0 aromatic rings. The molecule has 0 radical (unpaired) electrons. The van der Waals surface area contributed by atoms with Gasteiger partial charge in [-0.05, 0) is 0 Å². The third-order valence-electron chi connectivity index (χ3n) is 1.59. The highest BCUT2D eigenvalue weighted by molar-refractivity contribution is 6.17. The Morgan fingerprint density at radius 2 is 2.10 bits per heavy atom. The van der Waals surface area contributed by atoms with Crippen molar-refractivity contribution in [2.75, 3.05) is 6.54 Å². The topological polar surface area (TPSA) is 49.1 Å². The second-order valence-corrected chi connectivity index (χ2v) is 2.28. The molecule has 10 heavy (non-hydrogen) atoms. The number of rotatable bonds is 1. The van der Waals surface area contributed by atoms with Crippen LogP contribution in [0, 0.1) is 0 Å². The lowest BCUT2D eigenvalue weighted by molar-refractivity contribution is 0.545. The summed E-state index contributed by atoms with van der Waals surface area (Å²) in [6.07, 6.45) is 5.23. The van der Waals surface area contributed by atoms with Crippen LogP contribution in [0.4, 0.5) is 0 Å². The van der Waals surface area contributed by atoms with Crippen molar-refractivity contribution >= 4 is 18.8 Å². The fourth-order valence-corrected chi connectivity index (χ4v) is 1.05. The van der Waals surface area contributed by atoms with E-state index in [0.29, 0.717) is 0 Å². The van der Waals surface area contributed by atoms with E-state index in [-0.39, 0.29) is 12.2 Å². The highest BCUT2D eigenvalue weighted by Crippen LogP contribution is 2.05. The fraction of sp³-hybridized carbons (Fsp3) is 0.500. The number of hydrogen-bond donors (Lipinski definition) is 1. The summed E-state index contributed by atoms with van der Waals surface area (Å²) in [5, 5.41) is 3.08. The maximum atomic E-state index is 4.13. The van der Waals surface area contributed by atoms with E-state index in [4.69, 9.17) is 0 Å². The van der Waals surface area contributed by atoms with Crippen LogP contribution in [0.15, 0.2) is 15.0 Å². The highest BCUT2D eigenvalue weighted by atomic mass is 15.2. The van der Waals surface area contributed by atoms with Crippen LogP contribution < -0.4 is 5.32 Å². The molecule has 0 saturated heterocycles. The molecule has 2 heterocycles. The Morgan fingerprint density at radius 1 is 1.30 bits per heavy atom. The van der Waals surface area contributed by atoms with Gasteiger partial charge in [0.2, 0.25) is 0 Å². The summed E-state index contributed by atoms with van der Waals surface area (Å²) in [5.41, 5.74) is 0. The van der Waals surface area contributed by atoms with Crippen molar-refractivity contribution in [1.29, 1.82) is 0 Å².